The molecule has 8 heteroatoms. The van der Waals surface area contributed by atoms with Crippen molar-refractivity contribution in [3.63, 3.8) is 0 Å². The molecular formula is C15H23N3O4S. The van der Waals surface area contributed by atoms with Gasteiger partial charge in [-0.2, -0.15) is 0 Å². The maximum atomic E-state index is 11.6. The van der Waals surface area contributed by atoms with Crippen molar-refractivity contribution >= 4 is 29.2 Å². The molecule has 0 atom stereocenters. The summed E-state index contributed by atoms with van der Waals surface area (Å²) in [5.74, 6) is 0.352. The second-order valence-electron chi connectivity index (χ2n) is 4.85. The number of methoxy groups -OCH3 is 1. The quantitative estimate of drug-likeness (QED) is 0.333. The second-order valence-corrected chi connectivity index (χ2v) is 5.26. The van der Waals surface area contributed by atoms with E-state index >= 15 is 0 Å². The number of hydrogen-bond donors (Lipinski definition) is 3. The number of nitrogens with one attached hydrogen (secondary N) is 3. The van der Waals surface area contributed by atoms with Crippen LogP contribution in [0.15, 0.2) is 22.8 Å². The van der Waals surface area contributed by atoms with Crippen LogP contribution in [0, 0.1) is 0 Å². The molecule has 0 unspecified atom stereocenters. The predicted octanol–water partition coefficient (Wildman–Crippen LogP) is 1.09. The van der Waals surface area contributed by atoms with Gasteiger partial charge in [-0.15, -0.1) is 0 Å². The van der Waals surface area contributed by atoms with E-state index in [-0.39, 0.29) is 18.4 Å². The Morgan fingerprint density at radius 2 is 2.04 bits per heavy atom. The van der Waals surface area contributed by atoms with E-state index in [1.165, 1.54) is 7.11 Å². The van der Waals surface area contributed by atoms with Crippen molar-refractivity contribution < 1.29 is 18.7 Å². The van der Waals surface area contributed by atoms with Gasteiger partial charge in [-0.1, -0.05) is 6.42 Å². The van der Waals surface area contributed by atoms with Crippen molar-refractivity contribution in [2.24, 2.45) is 0 Å². The van der Waals surface area contributed by atoms with Gasteiger partial charge in [0.2, 0.25) is 5.91 Å². The minimum absolute atomic E-state index is 0.106. The average Bonchev–Trinajstić information content (AvgIpc) is 3.07. The van der Waals surface area contributed by atoms with Crippen LogP contribution in [0.1, 0.15) is 31.4 Å². The predicted molar refractivity (Wildman–Crippen MR) is 89.6 cm³/mol. The number of carbonyl (C=O) groups excluding carboxylic acids is 2. The Balaban J connectivity index is 1.97. The highest BCUT2D eigenvalue weighted by molar-refractivity contribution is 7.80. The summed E-state index contributed by atoms with van der Waals surface area (Å²) in [5, 5.41) is 9.00. The highest BCUT2D eigenvalue weighted by Gasteiger charge is 2.04. The molecule has 0 aliphatic heterocycles. The molecule has 1 aromatic heterocycles. The maximum Gasteiger partial charge on any atom is 0.305 e. The van der Waals surface area contributed by atoms with Gasteiger partial charge in [-0.3, -0.25) is 9.59 Å². The van der Waals surface area contributed by atoms with E-state index in [0.29, 0.717) is 30.4 Å². The molecule has 1 aromatic rings. The fourth-order valence-corrected chi connectivity index (χ4v) is 1.93. The van der Waals surface area contributed by atoms with Crippen LogP contribution in [0.3, 0.4) is 0 Å². The molecule has 0 saturated carbocycles. The van der Waals surface area contributed by atoms with Crippen molar-refractivity contribution in [2.75, 3.05) is 20.2 Å². The first-order valence-corrected chi connectivity index (χ1v) is 7.90. The molecule has 1 heterocycles. The number of rotatable bonds is 10. The molecule has 0 bridgehead atoms. The smallest absolute Gasteiger partial charge is 0.305 e. The monoisotopic (exact) mass is 341 g/mol. The molecule has 0 saturated heterocycles. The number of amides is 1. The van der Waals surface area contributed by atoms with E-state index in [1.54, 1.807) is 18.4 Å². The number of carbonyl (C=O) groups is 2. The van der Waals surface area contributed by atoms with Crippen LogP contribution < -0.4 is 16.0 Å². The Hall–Kier alpha value is -2.09. The molecule has 3 N–H and O–H groups in total. The minimum Gasteiger partial charge on any atom is -0.469 e. The Bertz CT molecular complexity index is 491. The van der Waals surface area contributed by atoms with Crippen molar-refractivity contribution in [1.82, 2.24) is 16.0 Å². The third-order valence-electron chi connectivity index (χ3n) is 3.02. The lowest BCUT2D eigenvalue weighted by Gasteiger charge is -2.10. The second kappa shape index (κ2) is 11.5. The molecule has 0 aliphatic carbocycles. The lowest BCUT2D eigenvalue weighted by Crippen LogP contribution is -2.41. The van der Waals surface area contributed by atoms with Gasteiger partial charge in [-0.25, -0.2) is 0 Å². The zero-order chi connectivity index (χ0) is 16.9. The number of unbranched alkanes of at least 4 members (excludes halogenated alkanes) is 2. The van der Waals surface area contributed by atoms with E-state index in [2.05, 4.69) is 20.7 Å². The van der Waals surface area contributed by atoms with Gasteiger partial charge in [0, 0.05) is 13.0 Å². The summed E-state index contributed by atoms with van der Waals surface area (Å²) in [6, 6.07) is 3.56. The summed E-state index contributed by atoms with van der Waals surface area (Å²) in [6.45, 7) is 1.16. The maximum absolute atomic E-state index is 11.6. The van der Waals surface area contributed by atoms with Gasteiger partial charge >= 0.3 is 5.97 Å². The van der Waals surface area contributed by atoms with Gasteiger partial charge in [0.05, 0.1) is 26.5 Å². The molecule has 0 radical (unpaired) electrons. The third kappa shape index (κ3) is 9.51. The number of ether oxygens (including phenoxy) is 1. The first-order valence-electron chi connectivity index (χ1n) is 7.49. The Labute approximate surface area is 141 Å². The van der Waals surface area contributed by atoms with Gasteiger partial charge in [0.1, 0.15) is 5.76 Å². The molecular weight excluding hydrogens is 318 g/mol. The summed E-state index contributed by atoms with van der Waals surface area (Å²) in [6.07, 6.45) is 4.60. The van der Waals surface area contributed by atoms with E-state index in [9.17, 15) is 9.59 Å². The SMILES string of the molecule is COC(=O)CCCCCNC(=S)NCC(=O)NCc1ccco1. The van der Waals surface area contributed by atoms with Crippen molar-refractivity contribution in [3.8, 4) is 0 Å². The average molecular weight is 341 g/mol. The molecule has 0 fully saturated rings. The lowest BCUT2D eigenvalue weighted by atomic mass is 10.2. The molecule has 1 rings (SSSR count). The van der Waals surface area contributed by atoms with E-state index in [4.69, 9.17) is 16.6 Å². The van der Waals surface area contributed by atoms with Crippen molar-refractivity contribution in [2.45, 2.75) is 32.2 Å². The van der Waals surface area contributed by atoms with Gasteiger partial charge in [0.25, 0.3) is 0 Å². The highest BCUT2D eigenvalue weighted by Crippen LogP contribution is 2.00. The first kappa shape index (κ1) is 19.0. The van der Waals surface area contributed by atoms with Crippen LogP contribution in [0.4, 0.5) is 0 Å². The molecule has 0 aromatic carbocycles. The van der Waals surface area contributed by atoms with Crippen LogP contribution in [0.5, 0.6) is 0 Å². The normalized spacial score (nSPS) is 9.96. The number of thiocarbonyl (C=S) groups is 1. The van der Waals surface area contributed by atoms with E-state index in [0.717, 1.165) is 19.3 Å². The molecule has 0 spiro atoms. The summed E-state index contributed by atoms with van der Waals surface area (Å²) in [4.78, 5) is 22.5. The van der Waals surface area contributed by atoms with Crippen LogP contribution in [0.2, 0.25) is 0 Å². The lowest BCUT2D eigenvalue weighted by molar-refractivity contribution is -0.140. The van der Waals surface area contributed by atoms with Gasteiger partial charge in [0.15, 0.2) is 5.11 Å². The van der Waals surface area contributed by atoms with Crippen molar-refractivity contribution in [3.05, 3.63) is 24.2 Å². The topological polar surface area (TPSA) is 92.6 Å². The first-order chi connectivity index (χ1) is 11.1. The van der Waals surface area contributed by atoms with Crippen LogP contribution in [-0.2, 0) is 20.9 Å². The fourth-order valence-electron chi connectivity index (χ4n) is 1.76. The molecule has 1 amide bonds. The Kier molecular flexibility index (Phi) is 9.46. The Morgan fingerprint density at radius 3 is 2.74 bits per heavy atom. The summed E-state index contributed by atoms with van der Waals surface area (Å²) in [5.41, 5.74) is 0. The summed E-state index contributed by atoms with van der Waals surface area (Å²) < 4.78 is 9.68. The zero-order valence-electron chi connectivity index (χ0n) is 13.2. The van der Waals surface area contributed by atoms with E-state index in [1.807, 2.05) is 0 Å². The third-order valence-corrected chi connectivity index (χ3v) is 3.31. The number of esters is 1. The standard InChI is InChI=1S/C15H23N3O4S/c1-21-14(20)7-3-2-4-8-16-15(23)18-11-13(19)17-10-12-6-5-9-22-12/h5-6,9H,2-4,7-8,10-11H2,1H3,(H,17,19)(H2,16,18,23). The van der Waals surface area contributed by atoms with Crippen molar-refractivity contribution in [1.29, 1.82) is 0 Å². The summed E-state index contributed by atoms with van der Waals surface area (Å²) >= 11 is 5.08. The van der Waals surface area contributed by atoms with Gasteiger partial charge < -0.3 is 25.1 Å². The minimum atomic E-state index is -0.185. The molecule has 128 valence electrons. The number of furan rings is 1. The van der Waals surface area contributed by atoms with Gasteiger partial charge in [-0.05, 0) is 37.2 Å². The fraction of sp³-hybridized carbons (Fsp3) is 0.533. The molecule has 7 nitrogen and oxygen atoms in total. The van der Waals surface area contributed by atoms with Crippen LogP contribution in [-0.4, -0.2) is 37.2 Å². The highest BCUT2D eigenvalue weighted by atomic mass is 32.1. The van der Waals surface area contributed by atoms with Crippen LogP contribution in [0.25, 0.3) is 0 Å². The van der Waals surface area contributed by atoms with Crippen LogP contribution >= 0.6 is 12.2 Å². The summed E-state index contributed by atoms with van der Waals surface area (Å²) in [7, 11) is 1.39. The molecule has 0 aliphatic rings. The molecule has 23 heavy (non-hydrogen) atoms. The van der Waals surface area contributed by atoms with E-state index < -0.39 is 0 Å². The Morgan fingerprint density at radius 1 is 1.22 bits per heavy atom. The number of hydrogen-bond acceptors (Lipinski definition) is 5. The zero-order valence-corrected chi connectivity index (χ0v) is 14.0. The largest absolute Gasteiger partial charge is 0.469 e.